The zero-order valence-corrected chi connectivity index (χ0v) is 10.6. The molecule has 1 atom stereocenters. The van der Waals surface area contributed by atoms with Gasteiger partial charge in [0.25, 0.3) is 0 Å². The minimum absolute atomic E-state index is 0.0370. The molecule has 0 aliphatic heterocycles. The number of carbonyl (C=O) groups excluding carboxylic acids is 1. The molecule has 0 aromatic carbocycles. The lowest BCUT2D eigenvalue weighted by molar-refractivity contribution is -0.121. The number of H-pyrrole nitrogens is 1. The normalized spacial score (nSPS) is 18.2. The second kappa shape index (κ2) is 5.82. The van der Waals surface area contributed by atoms with E-state index in [1.165, 1.54) is 6.07 Å². The SMILES string of the molecule is CNCCC(=O)NC1CCCc2[nH]c(=O)ccc21. The fourth-order valence-electron chi connectivity index (χ4n) is 2.36. The number of fused-ring (bicyclic) bond motifs is 1. The molecule has 1 amide bonds. The van der Waals surface area contributed by atoms with Crippen LogP contribution in [0.25, 0.3) is 0 Å². The summed E-state index contributed by atoms with van der Waals surface area (Å²) in [6.07, 6.45) is 3.29. The van der Waals surface area contributed by atoms with Crippen molar-refractivity contribution in [2.24, 2.45) is 0 Å². The largest absolute Gasteiger partial charge is 0.349 e. The van der Waals surface area contributed by atoms with E-state index in [0.29, 0.717) is 13.0 Å². The molecule has 1 aromatic heterocycles. The fourth-order valence-corrected chi connectivity index (χ4v) is 2.36. The van der Waals surface area contributed by atoms with Gasteiger partial charge in [0.15, 0.2) is 0 Å². The second-order valence-electron chi connectivity index (χ2n) is 4.62. The minimum Gasteiger partial charge on any atom is -0.349 e. The highest BCUT2D eigenvalue weighted by Gasteiger charge is 2.21. The van der Waals surface area contributed by atoms with Crippen LogP contribution in [0.3, 0.4) is 0 Å². The van der Waals surface area contributed by atoms with Crippen LogP contribution in [0, 0.1) is 0 Å². The van der Waals surface area contributed by atoms with Crippen LogP contribution < -0.4 is 16.2 Å². The molecule has 0 saturated carbocycles. The van der Waals surface area contributed by atoms with Gasteiger partial charge in [-0.25, -0.2) is 0 Å². The molecule has 1 heterocycles. The first kappa shape index (κ1) is 12.8. The van der Waals surface area contributed by atoms with E-state index in [1.54, 1.807) is 0 Å². The Morgan fingerprint density at radius 1 is 1.50 bits per heavy atom. The van der Waals surface area contributed by atoms with Crippen molar-refractivity contribution in [2.75, 3.05) is 13.6 Å². The molecule has 1 aromatic rings. The number of rotatable bonds is 4. The van der Waals surface area contributed by atoms with E-state index in [0.717, 1.165) is 30.5 Å². The molecule has 1 aliphatic rings. The molecule has 0 saturated heterocycles. The average Bonchev–Trinajstić information content (AvgIpc) is 2.36. The first-order valence-corrected chi connectivity index (χ1v) is 6.37. The van der Waals surface area contributed by atoms with E-state index >= 15 is 0 Å². The quantitative estimate of drug-likeness (QED) is 0.726. The summed E-state index contributed by atoms with van der Waals surface area (Å²) in [6.45, 7) is 0.678. The smallest absolute Gasteiger partial charge is 0.248 e. The maximum absolute atomic E-state index is 11.7. The summed E-state index contributed by atoms with van der Waals surface area (Å²) < 4.78 is 0. The standard InChI is InChI=1S/C13H19N3O2/c1-14-8-7-13(18)16-11-4-2-3-10-9(11)5-6-12(17)15-10/h5-6,11,14H,2-4,7-8H2,1H3,(H,15,17)(H,16,18). The van der Waals surface area contributed by atoms with Crippen LogP contribution in [0.4, 0.5) is 0 Å². The predicted molar refractivity (Wildman–Crippen MR) is 69.4 cm³/mol. The van der Waals surface area contributed by atoms with Gasteiger partial charge in [-0.3, -0.25) is 9.59 Å². The van der Waals surface area contributed by atoms with Crippen LogP contribution in [0.1, 0.15) is 36.6 Å². The minimum atomic E-state index is -0.0732. The number of pyridine rings is 1. The first-order valence-electron chi connectivity index (χ1n) is 6.37. The van der Waals surface area contributed by atoms with Gasteiger partial charge in [-0.1, -0.05) is 0 Å². The molecule has 1 aliphatic carbocycles. The molecule has 98 valence electrons. The second-order valence-corrected chi connectivity index (χ2v) is 4.62. The summed E-state index contributed by atoms with van der Waals surface area (Å²) in [6, 6.07) is 3.39. The molecular formula is C13H19N3O2. The van der Waals surface area contributed by atoms with Gasteiger partial charge in [0.05, 0.1) is 6.04 Å². The molecule has 0 fully saturated rings. The summed E-state index contributed by atoms with van der Waals surface area (Å²) in [4.78, 5) is 25.8. The van der Waals surface area contributed by atoms with E-state index < -0.39 is 0 Å². The lowest BCUT2D eigenvalue weighted by atomic mass is 9.91. The van der Waals surface area contributed by atoms with Crippen LogP contribution >= 0.6 is 0 Å². The Morgan fingerprint density at radius 2 is 2.33 bits per heavy atom. The third-order valence-electron chi connectivity index (χ3n) is 3.27. The molecule has 3 N–H and O–H groups in total. The van der Waals surface area contributed by atoms with Crippen LogP contribution in [-0.2, 0) is 11.2 Å². The third kappa shape index (κ3) is 2.98. The lowest BCUT2D eigenvalue weighted by Gasteiger charge is -2.25. The highest BCUT2D eigenvalue weighted by atomic mass is 16.1. The van der Waals surface area contributed by atoms with Crippen molar-refractivity contribution >= 4 is 5.91 Å². The van der Waals surface area contributed by atoms with Crippen molar-refractivity contribution < 1.29 is 4.79 Å². The molecular weight excluding hydrogens is 230 g/mol. The molecule has 0 spiro atoms. The number of aromatic nitrogens is 1. The Morgan fingerprint density at radius 3 is 3.11 bits per heavy atom. The van der Waals surface area contributed by atoms with E-state index in [-0.39, 0.29) is 17.5 Å². The van der Waals surface area contributed by atoms with Gasteiger partial charge in [-0.2, -0.15) is 0 Å². The number of amides is 1. The van der Waals surface area contributed by atoms with Crippen molar-refractivity contribution in [3.63, 3.8) is 0 Å². The summed E-state index contributed by atoms with van der Waals surface area (Å²) in [5.41, 5.74) is 1.95. The molecule has 5 nitrogen and oxygen atoms in total. The van der Waals surface area contributed by atoms with Gasteiger partial charge in [0.2, 0.25) is 11.5 Å². The van der Waals surface area contributed by atoms with Gasteiger partial charge in [0, 0.05) is 24.7 Å². The van der Waals surface area contributed by atoms with Crippen molar-refractivity contribution in [3.8, 4) is 0 Å². The number of nitrogens with one attached hydrogen (secondary N) is 3. The summed E-state index contributed by atoms with van der Waals surface area (Å²) >= 11 is 0. The van der Waals surface area contributed by atoms with Gasteiger partial charge in [-0.05, 0) is 37.9 Å². The van der Waals surface area contributed by atoms with Gasteiger partial charge < -0.3 is 15.6 Å². The Kier molecular flexibility index (Phi) is 4.15. The Bertz CT molecular complexity index is 481. The van der Waals surface area contributed by atoms with Crippen LogP contribution in [0.2, 0.25) is 0 Å². The summed E-state index contributed by atoms with van der Waals surface area (Å²) in [5, 5.41) is 5.98. The monoisotopic (exact) mass is 249 g/mol. The predicted octanol–water partition coefficient (Wildman–Crippen LogP) is 0.478. The van der Waals surface area contributed by atoms with Crippen LogP contribution in [0.5, 0.6) is 0 Å². The van der Waals surface area contributed by atoms with Crippen molar-refractivity contribution in [1.82, 2.24) is 15.6 Å². The van der Waals surface area contributed by atoms with Crippen molar-refractivity contribution in [3.05, 3.63) is 33.7 Å². The Hall–Kier alpha value is -1.62. The van der Waals surface area contributed by atoms with E-state index in [4.69, 9.17) is 0 Å². The molecule has 5 heteroatoms. The molecule has 0 bridgehead atoms. The van der Waals surface area contributed by atoms with Crippen LogP contribution in [-0.4, -0.2) is 24.5 Å². The maximum Gasteiger partial charge on any atom is 0.248 e. The van der Waals surface area contributed by atoms with Crippen LogP contribution in [0.15, 0.2) is 16.9 Å². The fraction of sp³-hybridized carbons (Fsp3) is 0.538. The molecule has 2 rings (SSSR count). The number of aryl methyl sites for hydroxylation is 1. The number of hydrogen-bond donors (Lipinski definition) is 3. The Labute approximate surface area is 106 Å². The molecule has 1 unspecified atom stereocenters. The van der Waals surface area contributed by atoms with E-state index in [1.807, 2.05) is 13.1 Å². The Balaban J connectivity index is 2.08. The van der Waals surface area contributed by atoms with Crippen molar-refractivity contribution in [2.45, 2.75) is 31.7 Å². The number of carbonyl (C=O) groups is 1. The van der Waals surface area contributed by atoms with Gasteiger partial charge in [0.1, 0.15) is 0 Å². The zero-order chi connectivity index (χ0) is 13.0. The van der Waals surface area contributed by atoms with Crippen molar-refractivity contribution in [1.29, 1.82) is 0 Å². The van der Waals surface area contributed by atoms with E-state index in [2.05, 4.69) is 15.6 Å². The number of hydrogen-bond acceptors (Lipinski definition) is 3. The third-order valence-corrected chi connectivity index (χ3v) is 3.27. The highest BCUT2D eigenvalue weighted by Crippen LogP contribution is 2.27. The van der Waals surface area contributed by atoms with Gasteiger partial charge >= 0.3 is 0 Å². The maximum atomic E-state index is 11.7. The molecule has 18 heavy (non-hydrogen) atoms. The average molecular weight is 249 g/mol. The van der Waals surface area contributed by atoms with E-state index in [9.17, 15) is 9.59 Å². The molecule has 0 radical (unpaired) electrons. The first-order chi connectivity index (χ1) is 8.70. The van der Waals surface area contributed by atoms with Gasteiger partial charge in [-0.15, -0.1) is 0 Å². The lowest BCUT2D eigenvalue weighted by Crippen LogP contribution is -2.33. The number of aromatic amines is 1. The summed E-state index contributed by atoms with van der Waals surface area (Å²) in [5.74, 6) is 0.0494. The highest BCUT2D eigenvalue weighted by molar-refractivity contribution is 5.76. The summed E-state index contributed by atoms with van der Waals surface area (Å²) in [7, 11) is 1.83. The topological polar surface area (TPSA) is 74.0 Å². The zero-order valence-electron chi connectivity index (χ0n) is 10.6.